The molecule has 0 atom stereocenters. The highest BCUT2D eigenvalue weighted by molar-refractivity contribution is 5.83. The third-order valence-electron chi connectivity index (χ3n) is 4.04. The van der Waals surface area contributed by atoms with E-state index in [1.165, 1.54) is 0 Å². The zero-order valence-corrected chi connectivity index (χ0v) is 13.9. The van der Waals surface area contributed by atoms with Gasteiger partial charge in [-0.15, -0.1) is 0 Å². The number of rotatable bonds is 5. The molecule has 0 N–H and O–H groups in total. The molecule has 0 amide bonds. The van der Waals surface area contributed by atoms with Crippen molar-refractivity contribution < 1.29 is 4.42 Å². The molecule has 4 heteroatoms. The van der Waals surface area contributed by atoms with Gasteiger partial charge >= 0.3 is 5.63 Å². The van der Waals surface area contributed by atoms with Crippen LogP contribution < -0.4 is 10.5 Å². The average Bonchev–Trinajstić information content (AvgIpc) is 2.62. The van der Waals surface area contributed by atoms with Gasteiger partial charge in [-0.3, -0.25) is 4.98 Å². The molecule has 0 aliphatic heterocycles. The molecule has 122 valence electrons. The molecule has 3 rings (SSSR count). The fraction of sp³-hybridized carbons (Fsp3) is 0.200. The molecule has 0 saturated heterocycles. The highest BCUT2D eigenvalue weighted by Gasteiger charge is 2.07. The minimum absolute atomic E-state index is 0.329. The summed E-state index contributed by atoms with van der Waals surface area (Å²) in [4.78, 5) is 18.4. The zero-order chi connectivity index (χ0) is 16.9. The Kier molecular flexibility index (Phi) is 4.75. The van der Waals surface area contributed by atoms with Gasteiger partial charge in [-0.05, 0) is 55.8 Å². The number of aromatic nitrogens is 1. The van der Waals surface area contributed by atoms with E-state index in [1.807, 2.05) is 36.4 Å². The quantitative estimate of drug-likeness (QED) is 0.661. The highest BCUT2D eigenvalue weighted by atomic mass is 16.4. The van der Waals surface area contributed by atoms with Gasteiger partial charge in [0, 0.05) is 42.6 Å². The van der Waals surface area contributed by atoms with E-state index >= 15 is 0 Å². The normalized spacial score (nSPS) is 11.2. The fourth-order valence-electron chi connectivity index (χ4n) is 2.68. The number of anilines is 1. The summed E-state index contributed by atoms with van der Waals surface area (Å²) >= 11 is 0. The Morgan fingerprint density at radius 3 is 2.50 bits per heavy atom. The van der Waals surface area contributed by atoms with Crippen molar-refractivity contribution in [1.29, 1.82) is 0 Å². The van der Waals surface area contributed by atoms with Crippen molar-refractivity contribution in [2.75, 3.05) is 18.0 Å². The van der Waals surface area contributed by atoms with Crippen LogP contribution >= 0.6 is 0 Å². The molecule has 2 aromatic heterocycles. The van der Waals surface area contributed by atoms with E-state index in [-0.39, 0.29) is 5.63 Å². The number of fused-ring (bicyclic) bond motifs is 1. The van der Waals surface area contributed by atoms with Gasteiger partial charge in [-0.25, -0.2) is 4.79 Å². The van der Waals surface area contributed by atoms with Gasteiger partial charge in [-0.1, -0.05) is 6.08 Å². The van der Waals surface area contributed by atoms with E-state index in [0.29, 0.717) is 11.1 Å². The molecule has 0 aliphatic rings. The maximum absolute atomic E-state index is 12.2. The molecule has 0 radical (unpaired) electrons. The first kappa shape index (κ1) is 16.0. The Labute approximate surface area is 141 Å². The number of pyridine rings is 1. The lowest BCUT2D eigenvalue weighted by atomic mass is 10.1. The monoisotopic (exact) mass is 320 g/mol. The Balaban J connectivity index is 1.97. The summed E-state index contributed by atoms with van der Waals surface area (Å²) in [5, 5.41) is 0.917. The lowest BCUT2D eigenvalue weighted by Crippen LogP contribution is -2.21. The molecule has 0 bridgehead atoms. The molecule has 0 unspecified atom stereocenters. The van der Waals surface area contributed by atoms with Gasteiger partial charge in [0.15, 0.2) is 0 Å². The number of hydrogen-bond donors (Lipinski definition) is 0. The number of benzene rings is 1. The predicted molar refractivity (Wildman–Crippen MR) is 99.2 cm³/mol. The smallest absolute Gasteiger partial charge is 0.343 e. The van der Waals surface area contributed by atoms with Crippen molar-refractivity contribution in [1.82, 2.24) is 4.98 Å². The van der Waals surface area contributed by atoms with Crippen LogP contribution in [-0.2, 0) is 0 Å². The van der Waals surface area contributed by atoms with Crippen LogP contribution in [0.15, 0.2) is 58.0 Å². The molecule has 1 aromatic carbocycles. The van der Waals surface area contributed by atoms with Gasteiger partial charge in [0.1, 0.15) is 5.58 Å². The summed E-state index contributed by atoms with van der Waals surface area (Å²) in [7, 11) is 0. The van der Waals surface area contributed by atoms with Crippen molar-refractivity contribution in [3.8, 4) is 0 Å². The van der Waals surface area contributed by atoms with E-state index in [1.54, 1.807) is 18.5 Å². The zero-order valence-electron chi connectivity index (χ0n) is 13.9. The lowest BCUT2D eigenvalue weighted by Gasteiger charge is -2.20. The molecule has 2 heterocycles. The van der Waals surface area contributed by atoms with Crippen LogP contribution in [-0.4, -0.2) is 18.1 Å². The topological polar surface area (TPSA) is 46.3 Å². The van der Waals surface area contributed by atoms with Crippen LogP contribution in [0.2, 0.25) is 0 Å². The van der Waals surface area contributed by atoms with Crippen molar-refractivity contribution >= 4 is 28.8 Å². The number of nitrogens with zero attached hydrogens (tertiary/aromatic N) is 2. The van der Waals surface area contributed by atoms with E-state index in [4.69, 9.17) is 4.42 Å². The SMILES string of the molecule is CCN(CC)c1ccc2cc(C=Cc3ccncc3)c(=O)oc2c1. The number of hydrogen-bond acceptors (Lipinski definition) is 4. The van der Waals surface area contributed by atoms with Crippen molar-refractivity contribution in [2.45, 2.75) is 13.8 Å². The molecule has 24 heavy (non-hydrogen) atoms. The van der Waals surface area contributed by atoms with E-state index in [2.05, 4.69) is 29.8 Å². The summed E-state index contributed by atoms with van der Waals surface area (Å²) < 4.78 is 5.52. The standard InChI is InChI=1S/C20H20N2O2/c1-3-22(4-2)18-8-7-16-13-17(20(23)24-19(16)14-18)6-5-15-9-11-21-12-10-15/h5-14H,3-4H2,1-2H3. The highest BCUT2D eigenvalue weighted by Crippen LogP contribution is 2.22. The Hall–Kier alpha value is -2.88. The molecular formula is C20H20N2O2. The summed E-state index contributed by atoms with van der Waals surface area (Å²) in [6.45, 7) is 6.05. The summed E-state index contributed by atoms with van der Waals surface area (Å²) in [5.74, 6) is 0. The second-order valence-electron chi connectivity index (χ2n) is 5.50. The van der Waals surface area contributed by atoms with E-state index < -0.39 is 0 Å². The molecule has 0 aliphatic carbocycles. The van der Waals surface area contributed by atoms with Crippen LogP contribution in [0, 0.1) is 0 Å². The summed E-state index contributed by atoms with van der Waals surface area (Å²) in [6.07, 6.45) is 7.09. The van der Waals surface area contributed by atoms with E-state index in [9.17, 15) is 4.79 Å². The molecular weight excluding hydrogens is 300 g/mol. The molecule has 4 nitrogen and oxygen atoms in total. The second-order valence-corrected chi connectivity index (χ2v) is 5.50. The van der Waals surface area contributed by atoms with Crippen molar-refractivity contribution in [2.24, 2.45) is 0 Å². The predicted octanol–water partition coefficient (Wildman–Crippen LogP) is 4.20. The fourth-order valence-corrected chi connectivity index (χ4v) is 2.68. The van der Waals surface area contributed by atoms with Crippen molar-refractivity contribution in [3.63, 3.8) is 0 Å². The minimum atomic E-state index is -0.329. The van der Waals surface area contributed by atoms with E-state index in [0.717, 1.165) is 29.7 Å². The van der Waals surface area contributed by atoms with Gasteiger partial charge < -0.3 is 9.32 Å². The second kappa shape index (κ2) is 7.13. The largest absolute Gasteiger partial charge is 0.422 e. The Morgan fingerprint density at radius 1 is 1.04 bits per heavy atom. The third-order valence-corrected chi connectivity index (χ3v) is 4.04. The first-order valence-corrected chi connectivity index (χ1v) is 8.12. The molecule has 0 fully saturated rings. The van der Waals surface area contributed by atoms with Gasteiger partial charge in [0.25, 0.3) is 0 Å². The van der Waals surface area contributed by atoms with Gasteiger partial charge in [0.05, 0.1) is 5.56 Å². The first-order chi connectivity index (χ1) is 11.7. The van der Waals surface area contributed by atoms with Crippen LogP contribution in [0.25, 0.3) is 23.1 Å². The van der Waals surface area contributed by atoms with Crippen molar-refractivity contribution in [3.05, 3.63) is 70.3 Å². The average molecular weight is 320 g/mol. The van der Waals surface area contributed by atoms with Gasteiger partial charge in [-0.2, -0.15) is 0 Å². The summed E-state index contributed by atoms with van der Waals surface area (Å²) in [6, 6.07) is 11.6. The van der Waals surface area contributed by atoms with Crippen LogP contribution in [0.1, 0.15) is 25.0 Å². The molecule has 0 saturated carbocycles. The summed E-state index contributed by atoms with van der Waals surface area (Å²) in [5.41, 5.74) is 2.88. The first-order valence-electron chi connectivity index (χ1n) is 8.12. The van der Waals surface area contributed by atoms with Crippen LogP contribution in [0.5, 0.6) is 0 Å². The van der Waals surface area contributed by atoms with Crippen LogP contribution in [0.4, 0.5) is 5.69 Å². The molecule has 3 aromatic rings. The lowest BCUT2D eigenvalue weighted by molar-refractivity contribution is 0.559. The molecule has 0 spiro atoms. The van der Waals surface area contributed by atoms with Crippen LogP contribution in [0.3, 0.4) is 0 Å². The van der Waals surface area contributed by atoms with Gasteiger partial charge in [0.2, 0.25) is 0 Å². The maximum Gasteiger partial charge on any atom is 0.343 e. The third kappa shape index (κ3) is 3.38. The minimum Gasteiger partial charge on any atom is -0.422 e. The maximum atomic E-state index is 12.2. The Bertz CT molecular complexity index is 910. The Morgan fingerprint density at radius 2 is 1.79 bits per heavy atom.